The van der Waals surface area contributed by atoms with E-state index in [0.717, 1.165) is 83.8 Å². The molecule has 0 saturated carbocycles. The topological polar surface area (TPSA) is 81.1 Å². The average Bonchev–Trinajstić information content (AvgIpc) is 4.05. The number of benzene rings is 5. The molecular formula is C46H40N2O4S4. The first kappa shape index (κ1) is 39.1. The summed E-state index contributed by atoms with van der Waals surface area (Å²) in [5.41, 5.74) is -1.19. The van der Waals surface area contributed by atoms with Crippen LogP contribution in [0.3, 0.4) is 0 Å². The molecule has 9 aromatic rings. The summed E-state index contributed by atoms with van der Waals surface area (Å²) >= 11 is 6.49. The molecule has 4 heterocycles. The van der Waals surface area contributed by atoms with Crippen molar-refractivity contribution in [3.05, 3.63) is 176 Å². The van der Waals surface area contributed by atoms with Crippen molar-refractivity contribution in [2.75, 3.05) is 28.2 Å². The van der Waals surface area contributed by atoms with Crippen LogP contribution in [0.4, 0.5) is 0 Å². The van der Waals surface area contributed by atoms with E-state index in [-0.39, 0.29) is 0 Å². The highest BCUT2D eigenvalue weighted by molar-refractivity contribution is 7.21. The van der Waals surface area contributed by atoms with Gasteiger partial charge in [0.25, 0.3) is 0 Å². The third-order valence-electron chi connectivity index (χ3n) is 9.27. The zero-order chi connectivity index (χ0) is 39.5. The first-order valence-corrected chi connectivity index (χ1v) is 21.1. The van der Waals surface area contributed by atoms with Gasteiger partial charge in [0.1, 0.15) is 0 Å². The smallest absolute Gasteiger partial charge is 0.209 e. The van der Waals surface area contributed by atoms with Gasteiger partial charge >= 0.3 is 0 Å². The predicted molar refractivity (Wildman–Crippen MR) is 237 cm³/mol. The molecule has 5 aromatic carbocycles. The summed E-state index contributed by atoms with van der Waals surface area (Å²) in [7, 11) is 6.75. The molecule has 9 rings (SSSR count). The largest absolute Gasteiger partial charge is 0.374 e. The maximum absolute atomic E-state index is 12.9. The zero-order valence-corrected chi connectivity index (χ0v) is 34.5. The van der Waals surface area contributed by atoms with Crippen molar-refractivity contribution in [2.24, 2.45) is 0 Å². The van der Waals surface area contributed by atoms with E-state index in [9.17, 15) is 19.8 Å². The molecule has 4 aromatic heterocycles. The highest BCUT2D eigenvalue weighted by Crippen LogP contribution is 2.49. The van der Waals surface area contributed by atoms with Gasteiger partial charge in [0.2, 0.25) is 12.8 Å². The van der Waals surface area contributed by atoms with Gasteiger partial charge in [0.05, 0.1) is 0 Å². The number of hydrogen-bond donors (Lipinski definition) is 2. The number of hydrogen-bond acceptors (Lipinski definition) is 8. The lowest BCUT2D eigenvalue weighted by Gasteiger charge is -2.30. The Morgan fingerprint density at radius 3 is 0.821 bits per heavy atom. The summed E-state index contributed by atoms with van der Waals surface area (Å²) in [5, 5.41) is 30.3. The van der Waals surface area contributed by atoms with Crippen molar-refractivity contribution in [3.8, 4) is 0 Å². The fraction of sp³-hybridized carbons (Fsp3) is 0.130. The lowest BCUT2D eigenvalue weighted by Crippen LogP contribution is -2.29. The Kier molecular flexibility index (Phi) is 11.5. The van der Waals surface area contributed by atoms with E-state index in [0.29, 0.717) is 0 Å². The van der Waals surface area contributed by atoms with E-state index in [4.69, 9.17) is 0 Å². The van der Waals surface area contributed by atoms with Crippen LogP contribution in [0.25, 0.3) is 40.3 Å². The van der Waals surface area contributed by atoms with Gasteiger partial charge in [-0.15, -0.1) is 45.3 Å². The average molecular weight is 813 g/mol. The zero-order valence-electron chi connectivity index (χ0n) is 31.2. The van der Waals surface area contributed by atoms with Gasteiger partial charge in [-0.1, -0.05) is 97.1 Å². The predicted octanol–water partition coefficient (Wildman–Crippen LogP) is 10.5. The lowest BCUT2D eigenvalue weighted by molar-refractivity contribution is -0.116. The number of thiophene rings is 4. The molecule has 0 atom stereocenters. The molecule has 2 amide bonds. The molecule has 56 heavy (non-hydrogen) atoms. The Morgan fingerprint density at radius 1 is 0.411 bits per heavy atom. The van der Waals surface area contributed by atoms with Gasteiger partial charge in [-0.3, -0.25) is 9.59 Å². The Balaban J connectivity index is 0.000000431. The molecule has 10 heteroatoms. The molecule has 0 bridgehead atoms. The van der Waals surface area contributed by atoms with Gasteiger partial charge in [0, 0.05) is 66.5 Å². The minimum absolute atomic E-state index is 0.750. The molecule has 0 fully saturated rings. The van der Waals surface area contributed by atoms with E-state index < -0.39 is 11.2 Å². The Labute approximate surface area is 341 Å². The maximum Gasteiger partial charge on any atom is 0.209 e. The number of amides is 2. The van der Waals surface area contributed by atoms with E-state index in [2.05, 4.69) is 72.8 Å². The number of nitrogens with zero attached hydrogens (tertiary/aromatic N) is 2. The highest BCUT2D eigenvalue weighted by atomic mass is 32.1. The highest BCUT2D eigenvalue weighted by Gasteiger charge is 2.40. The Morgan fingerprint density at radius 2 is 0.625 bits per heavy atom. The molecule has 0 saturated heterocycles. The Hall–Kier alpha value is -5.20. The molecule has 0 aliphatic rings. The van der Waals surface area contributed by atoms with Crippen molar-refractivity contribution < 1.29 is 19.8 Å². The molecule has 0 spiro atoms. The van der Waals surface area contributed by atoms with Crippen LogP contribution in [-0.4, -0.2) is 61.0 Å². The van der Waals surface area contributed by atoms with Crippen LogP contribution >= 0.6 is 45.3 Å². The molecule has 2 N–H and O–H groups in total. The third-order valence-corrected chi connectivity index (χ3v) is 14.2. The molecule has 0 aliphatic carbocycles. The molecule has 282 valence electrons. The number of carbonyl (C=O) groups is 2. The minimum atomic E-state index is -1.36. The van der Waals surface area contributed by atoms with Crippen LogP contribution in [0.2, 0.25) is 0 Å². The van der Waals surface area contributed by atoms with Crippen molar-refractivity contribution in [2.45, 2.75) is 11.2 Å². The summed E-state index contributed by atoms with van der Waals surface area (Å²) < 4.78 is 4.55. The quantitative estimate of drug-likeness (QED) is 0.150. The fourth-order valence-corrected chi connectivity index (χ4v) is 11.3. The van der Waals surface area contributed by atoms with E-state index in [1.54, 1.807) is 73.5 Å². The first-order valence-electron chi connectivity index (χ1n) is 17.8. The molecule has 0 unspecified atom stereocenters. The molecule has 0 aliphatic heterocycles. The van der Waals surface area contributed by atoms with Gasteiger partial charge < -0.3 is 20.0 Å². The SMILES string of the molecule is CN(C)C=O.CN(C)C=O.OC(c1ccc(C(O)(c2cc3ccccc3s2)c2cc3ccccc3s2)cc1)(c1cc2ccccc2s1)c1cc2ccccc2s1. The van der Waals surface area contributed by atoms with Crippen molar-refractivity contribution in [3.63, 3.8) is 0 Å². The summed E-state index contributed by atoms with van der Waals surface area (Å²) in [5.74, 6) is 0. The fourth-order valence-electron chi connectivity index (χ4n) is 6.41. The lowest BCUT2D eigenvalue weighted by atomic mass is 9.85. The summed E-state index contributed by atoms with van der Waals surface area (Å²) in [4.78, 5) is 25.2. The maximum atomic E-state index is 12.9. The van der Waals surface area contributed by atoms with Crippen LogP contribution in [-0.2, 0) is 20.8 Å². The second-order valence-electron chi connectivity index (χ2n) is 13.7. The minimum Gasteiger partial charge on any atom is -0.374 e. The monoisotopic (exact) mass is 812 g/mol. The van der Waals surface area contributed by atoms with Crippen LogP contribution in [0, 0.1) is 0 Å². The number of fused-ring (bicyclic) bond motifs is 4. The normalized spacial score (nSPS) is 11.5. The second kappa shape index (κ2) is 16.5. The van der Waals surface area contributed by atoms with Gasteiger partial charge in [-0.2, -0.15) is 0 Å². The van der Waals surface area contributed by atoms with Crippen molar-refractivity contribution >= 4 is 98.5 Å². The standard InChI is InChI=1S/C40H26O2S4.2C3H7NO/c41-39(35-21-25-9-1-5-13-31(25)43-35,36-22-26-10-2-6-14-32(26)44-36)29-17-19-30(20-18-29)40(42,37-23-27-11-3-7-15-33(27)45-37)38-24-28-12-4-8-16-34(28)46-38;2*1-4(2)3-5/h1-24,41-42H;2*3H,1-2H3. The van der Waals surface area contributed by atoms with Gasteiger partial charge in [-0.25, -0.2) is 0 Å². The first-order chi connectivity index (χ1) is 27.0. The number of aliphatic hydroxyl groups is 2. The number of carbonyl (C=O) groups excluding carboxylic acids is 2. The number of rotatable bonds is 8. The van der Waals surface area contributed by atoms with Crippen molar-refractivity contribution in [1.29, 1.82) is 0 Å². The summed E-state index contributed by atoms with van der Waals surface area (Å²) in [6.45, 7) is 0. The molecule has 6 nitrogen and oxygen atoms in total. The molecular weight excluding hydrogens is 773 g/mol. The van der Waals surface area contributed by atoms with Crippen LogP contribution in [0.15, 0.2) is 146 Å². The van der Waals surface area contributed by atoms with Crippen LogP contribution < -0.4 is 0 Å². The Bertz CT molecular complexity index is 2290. The van der Waals surface area contributed by atoms with Gasteiger partial charge in [-0.05, 0) is 81.2 Å². The van der Waals surface area contributed by atoms with Gasteiger partial charge in [0.15, 0.2) is 11.2 Å². The second-order valence-corrected chi connectivity index (χ2v) is 18.1. The van der Waals surface area contributed by atoms with E-state index in [1.165, 1.54) is 9.80 Å². The van der Waals surface area contributed by atoms with Crippen LogP contribution in [0.1, 0.15) is 30.6 Å². The van der Waals surface area contributed by atoms with E-state index >= 15 is 0 Å². The van der Waals surface area contributed by atoms with E-state index in [1.807, 2.05) is 72.8 Å². The van der Waals surface area contributed by atoms with Crippen LogP contribution in [0.5, 0.6) is 0 Å². The van der Waals surface area contributed by atoms with Crippen molar-refractivity contribution in [1.82, 2.24) is 9.80 Å². The molecule has 0 radical (unpaired) electrons. The summed E-state index contributed by atoms with van der Waals surface area (Å²) in [6.07, 6.45) is 1.50. The summed E-state index contributed by atoms with van der Waals surface area (Å²) in [6, 6.07) is 49.6. The third kappa shape index (κ3) is 7.64.